The van der Waals surface area contributed by atoms with Crippen LogP contribution in [0.1, 0.15) is 44.1 Å². The number of methoxy groups -OCH3 is 1. The Morgan fingerprint density at radius 2 is 1.88 bits per heavy atom. The van der Waals surface area contributed by atoms with Gasteiger partial charge in [0.2, 0.25) is 5.95 Å². The first-order valence-corrected chi connectivity index (χ1v) is 8.70. The zero-order valence-corrected chi connectivity index (χ0v) is 15.5. The summed E-state index contributed by atoms with van der Waals surface area (Å²) < 4.78 is 24.5. The van der Waals surface area contributed by atoms with E-state index in [2.05, 4.69) is 9.72 Å². The molecule has 3 aliphatic rings. The number of piperidine rings is 2. The van der Waals surface area contributed by atoms with Crippen molar-refractivity contribution in [1.82, 2.24) is 9.88 Å². The third kappa shape index (κ3) is 3.59. The molecule has 1 amide bonds. The number of anilines is 1. The summed E-state index contributed by atoms with van der Waals surface area (Å²) in [6.45, 7) is 6.51. The number of fused-ring (bicyclic) bond motifs is 3. The molecule has 4 rings (SSSR count). The van der Waals surface area contributed by atoms with E-state index in [1.807, 2.05) is 25.7 Å². The Labute approximate surface area is 152 Å². The van der Waals surface area contributed by atoms with Gasteiger partial charge in [0.25, 0.3) is 0 Å². The Hall–Kier alpha value is -2.38. The molecular weight excluding hydrogens is 341 g/mol. The zero-order valence-electron chi connectivity index (χ0n) is 15.5. The number of esters is 1. The van der Waals surface area contributed by atoms with Crippen LogP contribution in [0.3, 0.4) is 0 Å². The molecule has 0 aromatic carbocycles. The van der Waals surface area contributed by atoms with Crippen LogP contribution < -0.4 is 4.90 Å². The number of halogens is 1. The normalized spacial score (nSPS) is 22.3. The van der Waals surface area contributed by atoms with Crippen molar-refractivity contribution in [1.29, 1.82) is 0 Å². The lowest BCUT2D eigenvalue weighted by Crippen LogP contribution is -2.64. The highest BCUT2D eigenvalue weighted by Crippen LogP contribution is 2.34. The molecule has 1 aromatic rings. The van der Waals surface area contributed by atoms with Crippen molar-refractivity contribution < 1.29 is 23.5 Å². The predicted molar refractivity (Wildman–Crippen MR) is 92.6 cm³/mol. The third-order valence-corrected chi connectivity index (χ3v) is 4.69. The number of pyridine rings is 1. The molecule has 26 heavy (non-hydrogen) atoms. The molecule has 3 saturated heterocycles. The topological polar surface area (TPSA) is 72.0 Å². The number of carbonyl (C=O) groups excluding carboxylic acids is 2. The first kappa shape index (κ1) is 18.4. The summed E-state index contributed by atoms with van der Waals surface area (Å²) in [5.74, 6) is -1.38. The third-order valence-electron chi connectivity index (χ3n) is 4.69. The smallest absolute Gasteiger partial charge is 0.410 e. The minimum absolute atomic E-state index is 0.00667. The Morgan fingerprint density at radius 1 is 1.19 bits per heavy atom. The average molecular weight is 365 g/mol. The lowest BCUT2D eigenvalue weighted by atomic mass is 9.90. The van der Waals surface area contributed by atoms with E-state index in [1.54, 1.807) is 11.0 Å². The number of hydrogen-bond donors (Lipinski definition) is 0. The van der Waals surface area contributed by atoms with E-state index in [9.17, 15) is 14.0 Å². The summed E-state index contributed by atoms with van der Waals surface area (Å²) in [5, 5.41) is 0. The number of rotatable bonds is 2. The SMILES string of the molecule is COC(=O)c1ccc(N2CC3CCC2CN3C(=O)OC(C)(C)C)c(F)n1. The number of aromatic nitrogens is 1. The highest BCUT2D eigenvalue weighted by atomic mass is 19.1. The lowest BCUT2D eigenvalue weighted by molar-refractivity contribution is 0.000786. The summed E-state index contributed by atoms with van der Waals surface area (Å²) in [6.07, 6.45) is 1.39. The predicted octanol–water partition coefficient (Wildman–Crippen LogP) is 2.60. The molecule has 3 fully saturated rings. The Bertz CT molecular complexity index is 719. The second-order valence-corrected chi connectivity index (χ2v) is 7.67. The van der Waals surface area contributed by atoms with Crippen molar-refractivity contribution in [2.45, 2.75) is 51.3 Å². The van der Waals surface area contributed by atoms with Gasteiger partial charge in [0.05, 0.1) is 18.8 Å². The van der Waals surface area contributed by atoms with Crippen LogP contribution in [0.25, 0.3) is 0 Å². The molecule has 142 valence electrons. The minimum Gasteiger partial charge on any atom is -0.464 e. The van der Waals surface area contributed by atoms with E-state index >= 15 is 0 Å². The summed E-state index contributed by atoms with van der Waals surface area (Å²) in [6, 6.07) is 2.97. The molecule has 4 heterocycles. The van der Waals surface area contributed by atoms with Crippen molar-refractivity contribution in [3.63, 3.8) is 0 Å². The molecule has 1 aromatic heterocycles. The van der Waals surface area contributed by atoms with E-state index in [-0.39, 0.29) is 23.9 Å². The van der Waals surface area contributed by atoms with Gasteiger partial charge in [-0.15, -0.1) is 0 Å². The molecule has 0 spiro atoms. The van der Waals surface area contributed by atoms with Crippen LogP contribution in [0, 0.1) is 5.95 Å². The average Bonchev–Trinajstić information content (AvgIpc) is 2.59. The number of carbonyl (C=O) groups is 2. The molecule has 3 aliphatic heterocycles. The van der Waals surface area contributed by atoms with Gasteiger partial charge in [0, 0.05) is 19.1 Å². The van der Waals surface area contributed by atoms with E-state index in [1.165, 1.54) is 13.2 Å². The van der Waals surface area contributed by atoms with E-state index in [0.717, 1.165) is 12.8 Å². The fourth-order valence-electron chi connectivity index (χ4n) is 3.53. The fraction of sp³-hybridized carbons (Fsp3) is 0.611. The van der Waals surface area contributed by atoms with Crippen molar-refractivity contribution in [3.05, 3.63) is 23.8 Å². The largest absolute Gasteiger partial charge is 0.464 e. The summed E-state index contributed by atoms with van der Waals surface area (Å²) in [7, 11) is 1.23. The van der Waals surface area contributed by atoms with Crippen LogP contribution in [0.5, 0.6) is 0 Å². The maximum Gasteiger partial charge on any atom is 0.410 e. The molecule has 2 atom stereocenters. The Morgan fingerprint density at radius 3 is 2.42 bits per heavy atom. The quantitative estimate of drug-likeness (QED) is 0.593. The number of nitrogens with zero attached hydrogens (tertiary/aromatic N) is 3. The van der Waals surface area contributed by atoms with Gasteiger partial charge in [-0.2, -0.15) is 4.39 Å². The molecule has 2 unspecified atom stereocenters. The van der Waals surface area contributed by atoms with Gasteiger partial charge in [-0.1, -0.05) is 0 Å². The second-order valence-electron chi connectivity index (χ2n) is 7.67. The van der Waals surface area contributed by atoms with Crippen molar-refractivity contribution >= 4 is 17.7 Å². The number of amides is 1. The van der Waals surface area contributed by atoms with Crippen molar-refractivity contribution in [2.75, 3.05) is 25.1 Å². The number of piperazine rings is 1. The van der Waals surface area contributed by atoms with E-state index in [0.29, 0.717) is 18.8 Å². The van der Waals surface area contributed by atoms with Crippen LogP contribution in [0.2, 0.25) is 0 Å². The first-order valence-electron chi connectivity index (χ1n) is 8.70. The highest BCUT2D eigenvalue weighted by molar-refractivity contribution is 5.87. The fourth-order valence-corrected chi connectivity index (χ4v) is 3.53. The van der Waals surface area contributed by atoms with Crippen molar-refractivity contribution in [2.24, 2.45) is 0 Å². The van der Waals surface area contributed by atoms with Crippen LogP contribution in [-0.2, 0) is 9.47 Å². The molecule has 7 nitrogen and oxygen atoms in total. The zero-order chi connectivity index (χ0) is 19.1. The number of hydrogen-bond acceptors (Lipinski definition) is 6. The second kappa shape index (κ2) is 6.74. The monoisotopic (exact) mass is 365 g/mol. The summed E-state index contributed by atoms with van der Waals surface area (Å²) in [4.78, 5) is 31.3. The van der Waals surface area contributed by atoms with Crippen LogP contribution in [0.4, 0.5) is 14.9 Å². The maximum absolute atomic E-state index is 14.5. The van der Waals surface area contributed by atoms with Gasteiger partial charge < -0.3 is 19.3 Å². The Kier molecular flexibility index (Phi) is 4.77. The molecule has 2 bridgehead atoms. The van der Waals surface area contributed by atoms with Gasteiger partial charge in [-0.3, -0.25) is 0 Å². The van der Waals surface area contributed by atoms with E-state index in [4.69, 9.17) is 4.74 Å². The molecule has 0 aliphatic carbocycles. The van der Waals surface area contributed by atoms with Gasteiger partial charge in [0.1, 0.15) is 5.60 Å². The molecule has 0 saturated carbocycles. The summed E-state index contributed by atoms with van der Waals surface area (Å²) in [5.41, 5.74) is -0.268. The molecule has 0 N–H and O–H groups in total. The lowest BCUT2D eigenvalue weighted by Gasteiger charge is -2.52. The highest BCUT2D eigenvalue weighted by Gasteiger charge is 2.43. The van der Waals surface area contributed by atoms with Crippen LogP contribution in [-0.4, -0.2) is 59.8 Å². The Balaban J connectivity index is 1.76. The van der Waals surface area contributed by atoms with Gasteiger partial charge in [-0.25, -0.2) is 14.6 Å². The standard InChI is InChI=1S/C18H24FN3O4/c1-18(2,3)26-17(24)22-10-11-5-6-12(22)9-21(11)14-8-7-13(16(23)25-4)20-15(14)19/h7-8,11-12H,5-6,9-10H2,1-4H3. The van der Waals surface area contributed by atoms with Crippen molar-refractivity contribution in [3.8, 4) is 0 Å². The maximum atomic E-state index is 14.5. The van der Waals surface area contributed by atoms with Gasteiger partial charge in [0.15, 0.2) is 5.69 Å². The molecular formula is C18H24FN3O4. The minimum atomic E-state index is -0.704. The van der Waals surface area contributed by atoms with Gasteiger partial charge in [-0.05, 0) is 45.7 Å². The van der Waals surface area contributed by atoms with Crippen LogP contribution in [0.15, 0.2) is 12.1 Å². The number of ether oxygens (including phenoxy) is 2. The summed E-state index contributed by atoms with van der Waals surface area (Å²) >= 11 is 0. The molecule has 0 radical (unpaired) electrons. The molecule has 8 heteroatoms. The van der Waals surface area contributed by atoms with E-state index < -0.39 is 17.5 Å². The first-order chi connectivity index (χ1) is 12.2. The van der Waals surface area contributed by atoms with Crippen LogP contribution >= 0.6 is 0 Å². The van der Waals surface area contributed by atoms with Gasteiger partial charge >= 0.3 is 12.1 Å².